The van der Waals surface area contributed by atoms with Gasteiger partial charge in [-0.2, -0.15) is 9.74 Å². The molecule has 3 N–H and O–H groups in total. The van der Waals surface area contributed by atoms with Crippen LogP contribution in [0.25, 0.3) is 0 Å². The molecule has 0 saturated heterocycles. The number of hydrogen-bond donors (Lipinski definition) is 2. The number of imide groups is 1. The fraction of sp³-hybridized carbons (Fsp3) is 0.235. The Balaban J connectivity index is 1.78. The third-order valence-corrected chi connectivity index (χ3v) is 3.98. The highest BCUT2D eigenvalue weighted by atomic mass is 16.7. The number of carbonyl (C=O) groups is 3. The molecule has 3 rings (SSSR count). The summed E-state index contributed by atoms with van der Waals surface area (Å²) in [5.74, 6) is -0.940. The Hall–Kier alpha value is -3.89. The number of aromatic nitrogens is 2. The van der Waals surface area contributed by atoms with E-state index in [4.69, 9.17) is 10.6 Å². The maximum absolute atomic E-state index is 12.7. The molecular weight excluding hydrogens is 366 g/mol. The number of carbonyl (C=O) groups excluding carboxylic acids is 3. The Morgan fingerprint density at radius 3 is 2.54 bits per heavy atom. The molecule has 0 fully saturated rings. The summed E-state index contributed by atoms with van der Waals surface area (Å²) in [6.07, 6.45) is 3.60. The van der Waals surface area contributed by atoms with Gasteiger partial charge in [0, 0.05) is 26.3 Å². The van der Waals surface area contributed by atoms with Gasteiger partial charge in [0.25, 0.3) is 11.8 Å². The van der Waals surface area contributed by atoms with Crippen molar-refractivity contribution in [2.45, 2.75) is 6.42 Å². The molecule has 146 valence electrons. The average Bonchev–Trinajstić information content (AvgIpc) is 3.29. The van der Waals surface area contributed by atoms with Crippen LogP contribution in [0.1, 0.15) is 27.1 Å². The maximum atomic E-state index is 12.7. The van der Waals surface area contributed by atoms with E-state index in [0.29, 0.717) is 13.0 Å². The van der Waals surface area contributed by atoms with Crippen LogP contribution in [0.5, 0.6) is 0 Å². The highest BCUT2D eigenvalue weighted by Gasteiger charge is 2.41. The minimum atomic E-state index is -0.898. The van der Waals surface area contributed by atoms with Crippen molar-refractivity contribution >= 4 is 23.9 Å². The quantitative estimate of drug-likeness (QED) is 0.306. The fourth-order valence-electron chi connectivity index (χ4n) is 2.63. The zero-order valence-corrected chi connectivity index (χ0v) is 15.1. The van der Waals surface area contributed by atoms with E-state index in [9.17, 15) is 14.4 Å². The Labute approximate surface area is 160 Å². The Kier molecular flexibility index (Phi) is 5.53. The third-order valence-electron chi connectivity index (χ3n) is 3.98. The molecule has 2 aromatic rings. The van der Waals surface area contributed by atoms with Crippen LogP contribution in [0, 0.1) is 0 Å². The van der Waals surface area contributed by atoms with Gasteiger partial charge in [0.1, 0.15) is 6.33 Å². The van der Waals surface area contributed by atoms with Crippen LogP contribution in [-0.2, 0) is 0 Å². The van der Waals surface area contributed by atoms with Gasteiger partial charge in [-0.3, -0.25) is 14.6 Å². The molecule has 3 amide bonds. The first-order valence-corrected chi connectivity index (χ1v) is 8.44. The number of hydrazine groups is 1. The lowest BCUT2D eigenvalue weighted by atomic mass is 10.1. The van der Waals surface area contributed by atoms with Crippen molar-refractivity contribution in [1.29, 1.82) is 0 Å². The lowest BCUT2D eigenvalue weighted by Gasteiger charge is -2.28. The van der Waals surface area contributed by atoms with Gasteiger partial charge in [0.2, 0.25) is 0 Å². The molecule has 1 aliphatic rings. The average molecular weight is 385 g/mol. The lowest BCUT2D eigenvalue weighted by molar-refractivity contribution is -0.00474. The molecule has 0 aliphatic carbocycles. The van der Waals surface area contributed by atoms with Crippen LogP contribution in [0.4, 0.5) is 4.79 Å². The second kappa shape index (κ2) is 8.20. The number of amides is 3. The van der Waals surface area contributed by atoms with Gasteiger partial charge >= 0.3 is 6.09 Å². The van der Waals surface area contributed by atoms with Crippen LogP contribution >= 0.6 is 0 Å². The molecule has 1 aromatic heterocycles. The first-order valence-electron chi connectivity index (χ1n) is 8.44. The smallest absolute Gasteiger partial charge is 0.370 e. The zero-order valence-electron chi connectivity index (χ0n) is 15.1. The maximum Gasteiger partial charge on any atom is 0.454 e. The summed E-state index contributed by atoms with van der Waals surface area (Å²) in [5.41, 5.74) is 6.03. The standard InChI is InChI=1S/C17H19N7O4/c1-19-16(18)21-7-4-9-23(17(27)28-22-10-8-20-11-22)24-14(25)12-5-2-3-6-13(12)15(24)26/h2-3,5-6,8,10-11H,4,7,9H2,1H3,(H3,18,19,21). The van der Waals surface area contributed by atoms with Gasteiger partial charge in [0.15, 0.2) is 5.96 Å². The van der Waals surface area contributed by atoms with Crippen molar-refractivity contribution < 1.29 is 19.2 Å². The Bertz CT molecular complexity index is 875. The summed E-state index contributed by atoms with van der Waals surface area (Å²) < 4.78 is 1.08. The van der Waals surface area contributed by atoms with Crippen molar-refractivity contribution in [2.24, 2.45) is 10.7 Å². The first kappa shape index (κ1) is 18.9. The number of imidazole rings is 1. The predicted molar refractivity (Wildman–Crippen MR) is 98.0 cm³/mol. The molecule has 2 heterocycles. The molecule has 0 spiro atoms. The first-order chi connectivity index (χ1) is 13.5. The fourth-order valence-corrected chi connectivity index (χ4v) is 2.63. The molecule has 0 bridgehead atoms. The summed E-state index contributed by atoms with van der Waals surface area (Å²) in [6, 6.07) is 6.38. The predicted octanol–water partition coefficient (Wildman–Crippen LogP) is -0.131. The minimum absolute atomic E-state index is 0.0307. The molecule has 1 aliphatic heterocycles. The molecule has 11 nitrogen and oxygen atoms in total. The van der Waals surface area contributed by atoms with Crippen molar-refractivity contribution in [3.05, 3.63) is 54.1 Å². The van der Waals surface area contributed by atoms with E-state index in [1.54, 1.807) is 12.1 Å². The summed E-state index contributed by atoms with van der Waals surface area (Å²) in [7, 11) is 1.54. The summed E-state index contributed by atoms with van der Waals surface area (Å²) in [5, 5.41) is 4.60. The highest BCUT2D eigenvalue weighted by Crippen LogP contribution is 2.24. The topological polar surface area (TPSA) is 135 Å². The van der Waals surface area contributed by atoms with Crippen LogP contribution in [0.2, 0.25) is 0 Å². The van der Waals surface area contributed by atoms with Crippen molar-refractivity contribution in [2.75, 3.05) is 20.1 Å². The minimum Gasteiger partial charge on any atom is -0.370 e. The van der Waals surface area contributed by atoms with E-state index in [1.165, 1.54) is 37.9 Å². The van der Waals surface area contributed by atoms with Crippen molar-refractivity contribution in [1.82, 2.24) is 25.0 Å². The molecule has 1 aromatic carbocycles. The summed E-state index contributed by atoms with van der Waals surface area (Å²) in [4.78, 5) is 50.8. The van der Waals surface area contributed by atoms with Gasteiger partial charge in [-0.1, -0.05) is 12.1 Å². The lowest BCUT2D eigenvalue weighted by Crippen LogP contribution is -2.52. The molecule has 0 saturated carbocycles. The summed E-state index contributed by atoms with van der Waals surface area (Å²) >= 11 is 0. The third kappa shape index (κ3) is 3.77. The number of rotatable bonds is 6. The van der Waals surface area contributed by atoms with Crippen LogP contribution in [-0.4, -0.2) is 63.7 Å². The van der Waals surface area contributed by atoms with Gasteiger partial charge in [-0.25, -0.2) is 14.8 Å². The number of guanidine groups is 1. The molecule has 28 heavy (non-hydrogen) atoms. The monoisotopic (exact) mass is 385 g/mol. The van der Waals surface area contributed by atoms with Crippen LogP contribution in [0.3, 0.4) is 0 Å². The highest BCUT2D eigenvalue weighted by molar-refractivity contribution is 6.21. The normalized spacial score (nSPS) is 13.5. The molecule has 0 atom stereocenters. The van der Waals surface area contributed by atoms with Gasteiger partial charge < -0.3 is 15.9 Å². The van der Waals surface area contributed by atoms with E-state index in [-0.39, 0.29) is 23.6 Å². The Morgan fingerprint density at radius 1 is 1.29 bits per heavy atom. The number of nitrogens with two attached hydrogens (primary N) is 1. The SMILES string of the molecule is CN=C(N)NCCCN(C(=O)On1ccnc1)N1C(=O)c2ccccc2C1=O. The number of aliphatic imine (C=N–C) groups is 1. The largest absolute Gasteiger partial charge is 0.454 e. The number of fused-ring (bicyclic) bond motifs is 1. The molecule has 11 heteroatoms. The molecule has 0 unspecified atom stereocenters. The van der Waals surface area contributed by atoms with E-state index in [0.717, 1.165) is 14.7 Å². The van der Waals surface area contributed by atoms with Gasteiger partial charge in [-0.15, -0.1) is 0 Å². The number of benzene rings is 1. The van der Waals surface area contributed by atoms with E-state index >= 15 is 0 Å². The summed E-state index contributed by atoms with van der Waals surface area (Å²) in [6.45, 7) is 0.407. The van der Waals surface area contributed by atoms with Crippen LogP contribution < -0.4 is 15.9 Å². The van der Waals surface area contributed by atoms with Gasteiger partial charge in [0.05, 0.1) is 17.3 Å². The zero-order chi connectivity index (χ0) is 20.1. The molecule has 0 radical (unpaired) electrons. The van der Waals surface area contributed by atoms with E-state index in [1.807, 2.05) is 0 Å². The van der Waals surface area contributed by atoms with Crippen molar-refractivity contribution in [3.63, 3.8) is 0 Å². The second-order valence-corrected chi connectivity index (χ2v) is 5.76. The Morgan fingerprint density at radius 2 is 1.96 bits per heavy atom. The van der Waals surface area contributed by atoms with Crippen molar-refractivity contribution in [3.8, 4) is 0 Å². The molecular formula is C17H19N7O4. The van der Waals surface area contributed by atoms with Gasteiger partial charge in [-0.05, 0) is 18.6 Å². The van der Waals surface area contributed by atoms with E-state index in [2.05, 4.69) is 15.3 Å². The second-order valence-electron chi connectivity index (χ2n) is 5.76. The van der Waals surface area contributed by atoms with E-state index < -0.39 is 17.9 Å². The number of nitrogens with one attached hydrogen (secondary N) is 1. The number of nitrogens with zero attached hydrogens (tertiary/aromatic N) is 5. The number of hydrogen-bond acceptors (Lipinski definition) is 6. The van der Waals surface area contributed by atoms with Crippen LogP contribution in [0.15, 0.2) is 48.0 Å².